The largest absolute Gasteiger partial charge is 0.447 e. The van der Waals surface area contributed by atoms with Gasteiger partial charge >= 0.3 is 6.09 Å². The second-order valence-electron chi connectivity index (χ2n) is 5.17. The summed E-state index contributed by atoms with van der Waals surface area (Å²) < 4.78 is 4.87. The van der Waals surface area contributed by atoms with Gasteiger partial charge < -0.3 is 10.1 Å². The molecule has 0 aromatic heterocycles. The van der Waals surface area contributed by atoms with Crippen molar-refractivity contribution in [1.29, 1.82) is 0 Å². The Morgan fingerprint density at radius 2 is 1.82 bits per heavy atom. The molecular weight excluding hydrogens is 238 g/mol. The average Bonchev–Trinajstić information content (AvgIpc) is 2.64. The van der Waals surface area contributed by atoms with Gasteiger partial charge in [0.15, 0.2) is 0 Å². The first-order valence-electron chi connectivity index (χ1n) is 5.50. The van der Waals surface area contributed by atoms with Crippen LogP contribution in [0.15, 0.2) is 24.3 Å². The zero-order valence-corrected chi connectivity index (χ0v) is 11.1. The van der Waals surface area contributed by atoms with E-state index >= 15 is 0 Å². The van der Waals surface area contributed by atoms with Gasteiger partial charge in [-0.1, -0.05) is 45.0 Å². The number of amides is 1. The van der Waals surface area contributed by atoms with Gasteiger partial charge in [0.05, 0.1) is 6.04 Å². The summed E-state index contributed by atoms with van der Waals surface area (Å²) in [4.78, 5) is 10.9. The van der Waals surface area contributed by atoms with Gasteiger partial charge in [0.1, 0.15) is 6.61 Å². The molecule has 1 saturated heterocycles. The SMILES string of the molecule is CC(C)(C)c1ccc([C@H]2COC(=O)N2)cc1.Cl. The molecule has 0 unspecified atom stereocenters. The lowest BCUT2D eigenvalue weighted by Crippen LogP contribution is -2.18. The van der Waals surface area contributed by atoms with Gasteiger partial charge in [-0.25, -0.2) is 4.79 Å². The molecule has 0 aliphatic carbocycles. The molecule has 4 heteroatoms. The van der Waals surface area contributed by atoms with E-state index < -0.39 is 0 Å². The fraction of sp³-hybridized carbons (Fsp3) is 0.462. The molecular formula is C13H18ClNO2. The van der Waals surface area contributed by atoms with Gasteiger partial charge in [-0.3, -0.25) is 0 Å². The van der Waals surface area contributed by atoms with Gasteiger partial charge in [0, 0.05) is 0 Å². The Balaban J connectivity index is 0.00000144. The molecule has 1 N–H and O–H groups in total. The van der Waals surface area contributed by atoms with Crippen molar-refractivity contribution in [2.24, 2.45) is 0 Å². The van der Waals surface area contributed by atoms with Crippen molar-refractivity contribution in [3.8, 4) is 0 Å². The number of hydrogen-bond donors (Lipinski definition) is 1. The summed E-state index contributed by atoms with van der Waals surface area (Å²) in [6, 6.07) is 8.33. The van der Waals surface area contributed by atoms with Crippen molar-refractivity contribution < 1.29 is 9.53 Å². The van der Waals surface area contributed by atoms with Crippen molar-refractivity contribution in [3.63, 3.8) is 0 Å². The van der Waals surface area contributed by atoms with Crippen molar-refractivity contribution in [2.45, 2.75) is 32.2 Å². The molecule has 17 heavy (non-hydrogen) atoms. The van der Waals surface area contributed by atoms with Gasteiger partial charge in [-0.05, 0) is 16.5 Å². The van der Waals surface area contributed by atoms with Crippen LogP contribution in [0.3, 0.4) is 0 Å². The van der Waals surface area contributed by atoms with Crippen LogP contribution in [0.4, 0.5) is 4.79 Å². The predicted molar refractivity (Wildman–Crippen MR) is 69.6 cm³/mol. The number of carbonyl (C=O) groups is 1. The Morgan fingerprint density at radius 1 is 1.24 bits per heavy atom. The second-order valence-corrected chi connectivity index (χ2v) is 5.17. The molecule has 1 atom stereocenters. The summed E-state index contributed by atoms with van der Waals surface area (Å²) in [7, 11) is 0. The standard InChI is InChI=1S/C13H17NO2.ClH/c1-13(2,3)10-6-4-9(5-7-10)11-8-16-12(15)14-11;/h4-7,11H,8H2,1-3H3,(H,14,15);1H/t11-;/m1./s1. The molecule has 1 aliphatic heterocycles. The molecule has 3 nitrogen and oxygen atoms in total. The number of carbonyl (C=O) groups excluding carboxylic acids is 1. The van der Waals surface area contributed by atoms with E-state index in [2.05, 4.69) is 50.4 Å². The number of rotatable bonds is 1. The van der Waals surface area contributed by atoms with Crippen molar-refractivity contribution in [2.75, 3.05) is 6.61 Å². The Bertz CT molecular complexity index is 395. The number of cyclic esters (lactones) is 1. The van der Waals surface area contributed by atoms with Crippen LogP contribution in [-0.2, 0) is 10.2 Å². The van der Waals surface area contributed by atoms with E-state index in [1.807, 2.05) is 0 Å². The maximum Gasteiger partial charge on any atom is 0.407 e. The highest BCUT2D eigenvalue weighted by atomic mass is 35.5. The zero-order valence-electron chi connectivity index (χ0n) is 10.3. The number of nitrogens with one attached hydrogen (secondary N) is 1. The van der Waals surface area contributed by atoms with Crippen LogP contribution in [0.1, 0.15) is 37.9 Å². The number of ether oxygens (including phenoxy) is 1. The molecule has 94 valence electrons. The topological polar surface area (TPSA) is 38.3 Å². The van der Waals surface area contributed by atoms with Crippen LogP contribution < -0.4 is 5.32 Å². The highest BCUT2D eigenvalue weighted by Gasteiger charge is 2.24. The summed E-state index contributed by atoms with van der Waals surface area (Å²) in [6.07, 6.45) is -0.329. The first-order valence-corrected chi connectivity index (χ1v) is 5.50. The van der Waals surface area contributed by atoms with E-state index in [-0.39, 0.29) is 30.0 Å². The fourth-order valence-electron chi connectivity index (χ4n) is 1.78. The third-order valence-corrected chi connectivity index (χ3v) is 2.85. The highest BCUT2D eigenvalue weighted by molar-refractivity contribution is 5.85. The average molecular weight is 256 g/mol. The van der Waals surface area contributed by atoms with Crippen molar-refractivity contribution in [1.82, 2.24) is 5.32 Å². The molecule has 1 aromatic rings. The lowest BCUT2D eigenvalue weighted by atomic mass is 9.86. The minimum absolute atomic E-state index is 0. The monoisotopic (exact) mass is 255 g/mol. The summed E-state index contributed by atoms with van der Waals surface area (Å²) in [6.45, 7) is 6.97. The van der Waals surface area contributed by atoms with Crippen LogP contribution in [0.25, 0.3) is 0 Å². The molecule has 1 amide bonds. The molecule has 1 heterocycles. The van der Waals surface area contributed by atoms with Crippen molar-refractivity contribution in [3.05, 3.63) is 35.4 Å². The van der Waals surface area contributed by atoms with E-state index in [1.165, 1.54) is 5.56 Å². The number of hydrogen-bond acceptors (Lipinski definition) is 2. The molecule has 0 radical (unpaired) electrons. The molecule has 0 bridgehead atoms. The van der Waals surface area contributed by atoms with Gasteiger partial charge in [-0.2, -0.15) is 0 Å². The minimum atomic E-state index is -0.329. The summed E-state index contributed by atoms with van der Waals surface area (Å²) >= 11 is 0. The van der Waals surface area contributed by atoms with Crippen LogP contribution in [0, 0.1) is 0 Å². The van der Waals surface area contributed by atoms with Crippen LogP contribution in [0.2, 0.25) is 0 Å². The first kappa shape index (κ1) is 13.8. The molecule has 0 saturated carbocycles. The Labute approximate surface area is 108 Å². The van der Waals surface area contributed by atoms with Gasteiger partial charge in [0.2, 0.25) is 0 Å². The summed E-state index contributed by atoms with van der Waals surface area (Å²) in [5, 5.41) is 2.77. The van der Waals surface area contributed by atoms with Crippen LogP contribution in [-0.4, -0.2) is 12.7 Å². The lowest BCUT2D eigenvalue weighted by Gasteiger charge is -2.19. The lowest BCUT2D eigenvalue weighted by molar-refractivity contribution is 0.177. The van der Waals surface area contributed by atoms with E-state index in [1.54, 1.807) is 0 Å². The quantitative estimate of drug-likeness (QED) is 0.837. The van der Waals surface area contributed by atoms with E-state index in [0.717, 1.165) is 5.56 Å². The molecule has 1 fully saturated rings. The second kappa shape index (κ2) is 4.96. The third kappa shape index (κ3) is 3.13. The highest BCUT2D eigenvalue weighted by Crippen LogP contribution is 2.25. The molecule has 2 rings (SSSR count). The number of halogens is 1. The normalized spacial score (nSPS) is 19.2. The predicted octanol–water partition coefficient (Wildman–Crippen LogP) is 3.19. The Morgan fingerprint density at radius 3 is 2.24 bits per heavy atom. The number of alkyl carbamates (subject to hydrolysis) is 1. The summed E-state index contributed by atoms with van der Waals surface area (Å²) in [5.74, 6) is 0. The molecule has 1 aliphatic rings. The van der Waals surface area contributed by atoms with E-state index in [0.29, 0.717) is 6.61 Å². The molecule has 1 aromatic carbocycles. The Kier molecular flexibility index (Phi) is 4.04. The smallest absolute Gasteiger partial charge is 0.407 e. The van der Waals surface area contributed by atoms with Crippen LogP contribution >= 0.6 is 12.4 Å². The maximum atomic E-state index is 10.9. The zero-order chi connectivity index (χ0) is 11.8. The van der Waals surface area contributed by atoms with Crippen molar-refractivity contribution >= 4 is 18.5 Å². The Hall–Kier alpha value is -1.22. The summed E-state index contributed by atoms with van der Waals surface area (Å²) in [5.41, 5.74) is 2.55. The fourth-order valence-corrected chi connectivity index (χ4v) is 1.78. The van der Waals surface area contributed by atoms with E-state index in [4.69, 9.17) is 4.74 Å². The first-order chi connectivity index (χ1) is 7.47. The van der Waals surface area contributed by atoms with E-state index in [9.17, 15) is 4.79 Å². The molecule has 0 spiro atoms. The maximum absolute atomic E-state index is 10.9. The van der Waals surface area contributed by atoms with Gasteiger partial charge in [0.25, 0.3) is 0 Å². The van der Waals surface area contributed by atoms with Gasteiger partial charge in [-0.15, -0.1) is 12.4 Å². The van der Waals surface area contributed by atoms with Crippen LogP contribution in [0.5, 0.6) is 0 Å². The third-order valence-electron chi connectivity index (χ3n) is 2.85. The number of benzene rings is 1. The minimum Gasteiger partial charge on any atom is -0.447 e.